The molecule has 3 heterocycles. The molecule has 2 aliphatic heterocycles. The number of hydrogen-bond donors (Lipinski definition) is 1. The lowest BCUT2D eigenvalue weighted by molar-refractivity contribution is -0.122. The molecule has 0 spiro atoms. The van der Waals surface area contributed by atoms with Crippen molar-refractivity contribution in [1.29, 1.82) is 0 Å². The molecule has 1 aromatic heterocycles. The fourth-order valence-corrected chi connectivity index (χ4v) is 4.65. The number of hydrogen-bond acceptors (Lipinski definition) is 5. The number of rotatable bonds is 5. The number of fused-ring (bicyclic) bond motifs is 2. The van der Waals surface area contributed by atoms with Crippen LogP contribution in [0.1, 0.15) is 46.6 Å². The molecule has 154 valence electrons. The second kappa shape index (κ2) is 7.99. The average Bonchev–Trinajstić information content (AvgIpc) is 3.30. The first kappa shape index (κ1) is 19.6. The molecule has 7 heteroatoms. The van der Waals surface area contributed by atoms with Crippen LogP contribution >= 0.6 is 0 Å². The minimum atomic E-state index is -0.321. The third-order valence-electron chi connectivity index (χ3n) is 6.27. The van der Waals surface area contributed by atoms with E-state index in [9.17, 15) is 9.59 Å². The van der Waals surface area contributed by atoms with Gasteiger partial charge in [-0.3, -0.25) is 14.5 Å². The van der Waals surface area contributed by atoms with Gasteiger partial charge in [0.2, 0.25) is 5.91 Å². The Kier molecular flexibility index (Phi) is 5.41. The van der Waals surface area contributed by atoms with Gasteiger partial charge in [0.1, 0.15) is 5.76 Å². The number of nitrogens with one attached hydrogen (secondary N) is 1. The molecule has 0 radical (unpaired) electrons. The Labute approximate surface area is 171 Å². The zero-order valence-electron chi connectivity index (χ0n) is 17.2. The smallest absolute Gasteiger partial charge is 0.254 e. The van der Waals surface area contributed by atoms with E-state index in [1.807, 2.05) is 56.0 Å². The maximum Gasteiger partial charge on any atom is 0.254 e. The molecule has 4 rings (SSSR count). The molecule has 1 aromatic carbocycles. The summed E-state index contributed by atoms with van der Waals surface area (Å²) in [6, 6.07) is 9.83. The minimum absolute atomic E-state index is 0.0401. The van der Waals surface area contributed by atoms with Crippen LogP contribution in [-0.4, -0.2) is 65.0 Å². The molecule has 2 bridgehead atoms. The van der Waals surface area contributed by atoms with E-state index in [4.69, 9.17) is 4.52 Å². The summed E-state index contributed by atoms with van der Waals surface area (Å²) in [4.78, 5) is 30.1. The quantitative estimate of drug-likeness (QED) is 0.838. The summed E-state index contributed by atoms with van der Waals surface area (Å²) in [7, 11) is 0. The predicted octanol–water partition coefficient (Wildman–Crippen LogP) is 2.11. The van der Waals surface area contributed by atoms with Gasteiger partial charge < -0.3 is 14.7 Å². The Morgan fingerprint density at radius 3 is 2.69 bits per heavy atom. The first-order chi connectivity index (χ1) is 14.0. The van der Waals surface area contributed by atoms with Crippen molar-refractivity contribution >= 4 is 11.8 Å². The molecular weight excluding hydrogens is 368 g/mol. The third kappa shape index (κ3) is 3.79. The number of nitrogens with zero attached hydrogens (tertiary/aromatic N) is 3. The third-order valence-corrected chi connectivity index (χ3v) is 6.27. The van der Waals surface area contributed by atoms with Gasteiger partial charge in [-0.1, -0.05) is 23.4 Å². The Morgan fingerprint density at radius 1 is 1.24 bits per heavy atom. The number of carbonyl (C=O) groups is 2. The standard InChI is InChI=1S/C22H28N4O3/c1-14(20-15(2)24-29-16(20)3)21(27)23-11-19-13-26(18-9-10-25(19)12-18)22(28)17-7-5-4-6-8-17/h4-8,14,18-19H,9-13H2,1-3H3,(H,23,27)/t14-,18+,19-/m1/s1. The maximum absolute atomic E-state index is 13.0. The van der Waals surface area contributed by atoms with Gasteiger partial charge in [-0.2, -0.15) is 0 Å². The first-order valence-corrected chi connectivity index (χ1v) is 10.3. The van der Waals surface area contributed by atoms with Crippen molar-refractivity contribution in [2.45, 2.75) is 45.2 Å². The highest BCUT2D eigenvalue weighted by Crippen LogP contribution is 2.27. The van der Waals surface area contributed by atoms with Gasteiger partial charge in [0.15, 0.2) is 0 Å². The molecule has 2 saturated heterocycles. The number of carbonyl (C=O) groups excluding carboxylic acids is 2. The van der Waals surface area contributed by atoms with Gasteiger partial charge in [0.25, 0.3) is 5.91 Å². The van der Waals surface area contributed by atoms with Gasteiger partial charge in [-0.05, 0) is 39.3 Å². The van der Waals surface area contributed by atoms with Crippen LogP contribution in [0.2, 0.25) is 0 Å². The Balaban J connectivity index is 1.41. The van der Waals surface area contributed by atoms with E-state index in [0.29, 0.717) is 18.8 Å². The lowest BCUT2D eigenvalue weighted by Crippen LogP contribution is -2.57. The second-order valence-electron chi connectivity index (χ2n) is 8.12. The molecule has 29 heavy (non-hydrogen) atoms. The van der Waals surface area contributed by atoms with E-state index in [1.54, 1.807) is 0 Å². The lowest BCUT2D eigenvalue weighted by Gasteiger charge is -2.40. The van der Waals surface area contributed by atoms with E-state index >= 15 is 0 Å². The fourth-order valence-electron chi connectivity index (χ4n) is 4.65. The summed E-state index contributed by atoms with van der Waals surface area (Å²) in [6.45, 7) is 8.56. The van der Waals surface area contributed by atoms with E-state index < -0.39 is 0 Å². The maximum atomic E-state index is 13.0. The van der Waals surface area contributed by atoms with Crippen LogP contribution in [0, 0.1) is 13.8 Å². The van der Waals surface area contributed by atoms with Gasteiger partial charge >= 0.3 is 0 Å². The van der Waals surface area contributed by atoms with E-state index in [0.717, 1.165) is 36.3 Å². The number of aryl methyl sites for hydroxylation is 2. The number of piperazine rings is 1. The summed E-state index contributed by atoms with van der Waals surface area (Å²) in [6.07, 6.45) is 0.985. The highest BCUT2D eigenvalue weighted by Gasteiger charge is 2.41. The van der Waals surface area contributed by atoms with Crippen LogP contribution in [0.5, 0.6) is 0 Å². The summed E-state index contributed by atoms with van der Waals surface area (Å²) in [5, 5.41) is 7.04. The summed E-state index contributed by atoms with van der Waals surface area (Å²) >= 11 is 0. The number of aromatic nitrogens is 1. The summed E-state index contributed by atoms with van der Waals surface area (Å²) in [5.74, 6) is 0.405. The normalized spacial score (nSPS) is 24.4. The van der Waals surface area contributed by atoms with Crippen molar-refractivity contribution in [3.05, 3.63) is 52.9 Å². The highest BCUT2D eigenvalue weighted by molar-refractivity contribution is 5.94. The van der Waals surface area contributed by atoms with Crippen LogP contribution in [-0.2, 0) is 4.79 Å². The summed E-state index contributed by atoms with van der Waals surface area (Å²) in [5.41, 5.74) is 2.33. The van der Waals surface area contributed by atoms with Gasteiger partial charge in [0, 0.05) is 49.4 Å². The van der Waals surface area contributed by atoms with Gasteiger partial charge in [-0.15, -0.1) is 0 Å². The van der Waals surface area contributed by atoms with Gasteiger partial charge in [-0.25, -0.2) is 0 Å². The van der Waals surface area contributed by atoms with Crippen LogP contribution in [0.4, 0.5) is 0 Å². The Hall–Kier alpha value is -2.67. The van der Waals surface area contributed by atoms with Crippen LogP contribution in [0.15, 0.2) is 34.9 Å². The molecule has 1 unspecified atom stereocenters. The van der Waals surface area contributed by atoms with E-state index in [2.05, 4.69) is 15.4 Å². The predicted molar refractivity (Wildman–Crippen MR) is 109 cm³/mol. The van der Waals surface area contributed by atoms with Crippen molar-refractivity contribution < 1.29 is 14.1 Å². The van der Waals surface area contributed by atoms with Crippen molar-refractivity contribution in [2.75, 3.05) is 26.2 Å². The fraction of sp³-hybridized carbons (Fsp3) is 0.500. The van der Waals surface area contributed by atoms with Crippen LogP contribution < -0.4 is 5.32 Å². The Bertz CT molecular complexity index is 875. The molecule has 2 amide bonds. The number of benzene rings is 1. The molecule has 0 saturated carbocycles. The highest BCUT2D eigenvalue weighted by atomic mass is 16.5. The SMILES string of the molecule is Cc1noc(C)c1[C@@H](C)C(=O)NC[C@@H]1CN(C(=O)c2ccccc2)[C@H]2CCN1C2. The summed E-state index contributed by atoms with van der Waals surface area (Å²) < 4.78 is 5.20. The van der Waals surface area contributed by atoms with Gasteiger partial charge in [0.05, 0.1) is 11.6 Å². The van der Waals surface area contributed by atoms with Crippen molar-refractivity contribution in [2.24, 2.45) is 0 Å². The zero-order chi connectivity index (χ0) is 20.5. The number of amides is 2. The van der Waals surface area contributed by atoms with Crippen LogP contribution in [0.3, 0.4) is 0 Å². The first-order valence-electron chi connectivity index (χ1n) is 10.3. The Morgan fingerprint density at radius 2 is 2.00 bits per heavy atom. The molecule has 0 aliphatic carbocycles. The molecule has 7 nitrogen and oxygen atoms in total. The second-order valence-corrected chi connectivity index (χ2v) is 8.12. The molecular formula is C22H28N4O3. The van der Waals surface area contributed by atoms with Crippen LogP contribution in [0.25, 0.3) is 0 Å². The van der Waals surface area contributed by atoms with E-state index in [1.165, 1.54) is 0 Å². The average molecular weight is 396 g/mol. The molecule has 4 atom stereocenters. The monoisotopic (exact) mass is 396 g/mol. The zero-order valence-corrected chi connectivity index (χ0v) is 17.2. The molecule has 1 N–H and O–H groups in total. The molecule has 2 aliphatic rings. The molecule has 2 aromatic rings. The topological polar surface area (TPSA) is 78.7 Å². The largest absolute Gasteiger partial charge is 0.361 e. The minimum Gasteiger partial charge on any atom is -0.361 e. The van der Waals surface area contributed by atoms with Crippen molar-refractivity contribution in [1.82, 2.24) is 20.3 Å². The molecule has 2 fully saturated rings. The van der Waals surface area contributed by atoms with Crippen molar-refractivity contribution in [3.8, 4) is 0 Å². The lowest BCUT2D eigenvalue weighted by atomic mass is 9.98. The van der Waals surface area contributed by atoms with E-state index in [-0.39, 0.29) is 29.8 Å². The van der Waals surface area contributed by atoms with Crippen molar-refractivity contribution in [3.63, 3.8) is 0 Å².